The van der Waals surface area contributed by atoms with Crippen molar-refractivity contribution in [2.75, 3.05) is 11.9 Å². The fraction of sp³-hybridized carbons (Fsp3) is 0.0870. The summed E-state index contributed by atoms with van der Waals surface area (Å²) < 4.78 is 39.4. The molecule has 0 unspecified atom stereocenters. The van der Waals surface area contributed by atoms with Crippen molar-refractivity contribution in [2.24, 2.45) is 0 Å². The predicted octanol–water partition coefficient (Wildman–Crippen LogP) is 5.02. The summed E-state index contributed by atoms with van der Waals surface area (Å²) in [5.74, 6) is -0.235. The minimum Gasteiger partial charge on any atom is -0.345 e. The van der Waals surface area contributed by atoms with Crippen LogP contribution in [0.15, 0.2) is 71.9 Å². The molecule has 0 aliphatic rings. The number of nitrogens with one attached hydrogen (secondary N) is 1. The fourth-order valence-electron chi connectivity index (χ4n) is 3.56. The molecule has 2 aromatic carbocycles. The van der Waals surface area contributed by atoms with Gasteiger partial charge in [-0.15, -0.1) is 0 Å². The Morgan fingerprint density at radius 1 is 1.03 bits per heavy atom. The zero-order valence-corrected chi connectivity index (χ0v) is 18.0. The Bertz CT molecular complexity index is 1580. The molecule has 1 N–H and O–H groups in total. The summed E-state index contributed by atoms with van der Waals surface area (Å²) in [5, 5.41) is 11.8. The maximum atomic E-state index is 13.7. The molecule has 0 spiro atoms. The van der Waals surface area contributed by atoms with Crippen molar-refractivity contribution in [1.29, 1.82) is 0 Å². The number of fused-ring (bicyclic) bond motifs is 2. The molecule has 170 valence electrons. The molecule has 0 saturated carbocycles. The van der Waals surface area contributed by atoms with Crippen molar-refractivity contribution in [2.45, 2.75) is 6.18 Å². The van der Waals surface area contributed by atoms with E-state index in [1.54, 1.807) is 60.9 Å². The molecule has 0 bridgehead atoms. The Morgan fingerprint density at radius 3 is 2.59 bits per heavy atom. The molecule has 0 radical (unpaired) electrons. The van der Waals surface area contributed by atoms with Crippen LogP contribution in [0.1, 0.15) is 0 Å². The maximum Gasteiger partial charge on any atom is 0.405 e. The van der Waals surface area contributed by atoms with Gasteiger partial charge >= 0.3 is 6.18 Å². The van der Waals surface area contributed by atoms with Crippen LogP contribution in [0.25, 0.3) is 38.6 Å². The molecular formula is C23H14ClF3N6O. The van der Waals surface area contributed by atoms with Crippen molar-refractivity contribution in [1.82, 2.24) is 24.7 Å². The molecule has 34 heavy (non-hydrogen) atoms. The SMILES string of the molecule is O=c1c(-c2ccc(Cl)cc2)c2nc(NCC(F)(F)F)ncc2cn1-c1ccc2nnccc2c1. The van der Waals surface area contributed by atoms with Gasteiger partial charge in [0, 0.05) is 33.9 Å². The van der Waals surface area contributed by atoms with E-state index in [2.05, 4.69) is 25.5 Å². The number of benzene rings is 2. The molecule has 0 aliphatic carbocycles. The molecule has 5 rings (SSSR count). The number of anilines is 1. The smallest absolute Gasteiger partial charge is 0.345 e. The normalized spacial score (nSPS) is 11.8. The second-order valence-electron chi connectivity index (χ2n) is 7.43. The summed E-state index contributed by atoms with van der Waals surface area (Å²) in [6.07, 6.45) is 0.0439. The van der Waals surface area contributed by atoms with E-state index in [0.29, 0.717) is 27.2 Å². The Kier molecular flexibility index (Phi) is 5.37. The van der Waals surface area contributed by atoms with E-state index in [1.807, 2.05) is 0 Å². The van der Waals surface area contributed by atoms with Crippen LogP contribution < -0.4 is 10.9 Å². The highest BCUT2D eigenvalue weighted by Crippen LogP contribution is 2.27. The fourth-order valence-corrected chi connectivity index (χ4v) is 3.69. The van der Waals surface area contributed by atoms with Crippen molar-refractivity contribution in [3.8, 4) is 16.8 Å². The van der Waals surface area contributed by atoms with E-state index in [9.17, 15) is 18.0 Å². The number of rotatable bonds is 4. The molecule has 0 aliphatic heterocycles. The lowest BCUT2D eigenvalue weighted by molar-refractivity contribution is -0.115. The Labute approximate surface area is 194 Å². The van der Waals surface area contributed by atoms with Gasteiger partial charge in [0.2, 0.25) is 5.95 Å². The van der Waals surface area contributed by atoms with Crippen LogP contribution in [0.4, 0.5) is 19.1 Å². The maximum absolute atomic E-state index is 13.7. The summed E-state index contributed by atoms with van der Waals surface area (Å²) in [6, 6.07) is 13.6. The van der Waals surface area contributed by atoms with Crippen LogP contribution in [-0.4, -0.2) is 37.5 Å². The van der Waals surface area contributed by atoms with Crippen molar-refractivity contribution < 1.29 is 13.2 Å². The second kappa shape index (κ2) is 8.38. The molecule has 11 heteroatoms. The van der Waals surface area contributed by atoms with Gasteiger partial charge in [-0.3, -0.25) is 9.36 Å². The highest BCUT2D eigenvalue weighted by atomic mass is 35.5. The van der Waals surface area contributed by atoms with E-state index in [1.165, 1.54) is 10.8 Å². The number of hydrogen-bond donors (Lipinski definition) is 1. The standard InChI is InChI=1S/C23H14ClF3N6O/c24-16-3-1-13(2-4-16)19-20-15(10-28-22(31-20)29-12-23(25,26)27)11-33(21(19)34)17-5-6-18-14(9-17)7-8-30-32-18/h1-11H,12H2,(H,29,31). The first kappa shape index (κ1) is 21.8. The summed E-state index contributed by atoms with van der Waals surface area (Å²) in [4.78, 5) is 21.9. The molecule has 0 saturated heterocycles. The highest BCUT2D eigenvalue weighted by molar-refractivity contribution is 6.30. The number of pyridine rings is 1. The number of aromatic nitrogens is 5. The lowest BCUT2D eigenvalue weighted by atomic mass is 10.0. The molecule has 0 amide bonds. The van der Waals surface area contributed by atoms with Crippen LogP contribution in [0.3, 0.4) is 0 Å². The van der Waals surface area contributed by atoms with Gasteiger partial charge in [-0.05, 0) is 42.0 Å². The summed E-state index contributed by atoms with van der Waals surface area (Å²) in [6.45, 7) is -1.30. The first-order valence-corrected chi connectivity index (χ1v) is 10.4. The van der Waals surface area contributed by atoms with Crippen LogP contribution in [0.5, 0.6) is 0 Å². The first-order chi connectivity index (χ1) is 16.3. The number of hydrogen-bond acceptors (Lipinski definition) is 6. The molecule has 7 nitrogen and oxygen atoms in total. The zero-order valence-electron chi connectivity index (χ0n) is 17.2. The monoisotopic (exact) mass is 482 g/mol. The van der Waals surface area contributed by atoms with Gasteiger partial charge in [0.25, 0.3) is 5.56 Å². The number of halogens is 4. The third-order valence-corrected chi connectivity index (χ3v) is 5.36. The summed E-state index contributed by atoms with van der Waals surface area (Å²) in [7, 11) is 0. The lowest BCUT2D eigenvalue weighted by Crippen LogP contribution is -2.23. The van der Waals surface area contributed by atoms with Crippen molar-refractivity contribution in [3.63, 3.8) is 0 Å². The van der Waals surface area contributed by atoms with E-state index in [0.717, 1.165) is 5.39 Å². The topological polar surface area (TPSA) is 85.6 Å². The van der Waals surface area contributed by atoms with E-state index in [4.69, 9.17) is 11.6 Å². The first-order valence-electron chi connectivity index (χ1n) is 9.99. The Morgan fingerprint density at radius 2 is 1.82 bits per heavy atom. The van der Waals surface area contributed by atoms with E-state index < -0.39 is 18.3 Å². The molecule has 3 heterocycles. The van der Waals surface area contributed by atoms with Crippen molar-refractivity contribution >= 4 is 39.4 Å². The summed E-state index contributed by atoms with van der Waals surface area (Å²) >= 11 is 6.01. The van der Waals surface area contributed by atoms with E-state index in [-0.39, 0.29) is 17.0 Å². The van der Waals surface area contributed by atoms with Gasteiger partial charge in [0.05, 0.1) is 22.8 Å². The van der Waals surface area contributed by atoms with Crippen LogP contribution in [-0.2, 0) is 0 Å². The van der Waals surface area contributed by atoms with Gasteiger partial charge in [0.1, 0.15) is 6.54 Å². The van der Waals surface area contributed by atoms with Gasteiger partial charge in [0.15, 0.2) is 0 Å². The zero-order chi connectivity index (χ0) is 23.9. The Balaban J connectivity index is 1.73. The number of nitrogens with zero attached hydrogens (tertiary/aromatic N) is 5. The quantitative estimate of drug-likeness (QED) is 0.387. The minimum atomic E-state index is -4.44. The van der Waals surface area contributed by atoms with Crippen LogP contribution in [0, 0.1) is 0 Å². The molecular weight excluding hydrogens is 469 g/mol. The minimum absolute atomic E-state index is 0.208. The average Bonchev–Trinajstić information content (AvgIpc) is 2.82. The lowest BCUT2D eigenvalue weighted by Gasteiger charge is -2.14. The van der Waals surface area contributed by atoms with Gasteiger partial charge in [-0.2, -0.15) is 23.4 Å². The average molecular weight is 483 g/mol. The van der Waals surface area contributed by atoms with Gasteiger partial charge in [-0.25, -0.2) is 9.97 Å². The third kappa shape index (κ3) is 4.27. The van der Waals surface area contributed by atoms with Crippen molar-refractivity contribution in [3.05, 3.63) is 82.5 Å². The second-order valence-corrected chi connectivity index (χ2v) is 7.86. The molecule has 5 aromatic rings. The van der Waals surface area contributed by atoms with E-state index >= 15 is 0 Å². The summed E-state index contributed by atoms with van der Waals surface area (Å²) in [5.41, 5.74) is 1.77. The third-order valence-electron chi connectivity index (χ3n) is 5.11. The van der Waals surface area contributed by atoms with Gasteiger partial charge < -0.3 is 5.32 Å². The van der Waals surface area contributed by atoms with Crippen LogP contribution in [0.2, 0.25) is 5.02 Å². The molecule has 0 fully saturated rings. The van der Waals surface area contributed by atoms with Crippen LogP contribution >= 0.6 is 11.6 Å². The molecule has 3 aromatic heterocycles. The van der Waals surface area contributed by atoms with Gasteiger partial charge in [-0.1, -0.05) is 23.7 Å². The Hall–Kier alpha value is -4.05. The highest BCUT2D eigenvalue weighted by Gasteiger charge is 2.27. The predicted molar refractivity (Wildman–Crippen MR) is 123 cm³/mol. The number of alkyl halides is 3. The molecule has 0 atom stereocenters. The largest absolute Gasteiger partial charge is 0.405 e.